The molecule has 0 aliphatic heterocycles. The first kappa shape index (κ1) is 14.0. The SMILES string of the molecule is NCC(c1ccc(F)cc1)C(O)c1ccc(Cl)cc1. The van der Waals surface area contributed by atoms with E-state index in [1.165, 1.54) is 12.1 Å². The zero-order valence-corrected chi connectivity index (χ0v) is 11.0. The van der Waals surface area contributed by atoms with Crippen molar-refractivity contribution < 1.29 is 9.50 Å². The Morgan fingerprint density at radius 2 is 1.53 bits per heavy atom. The maximum Gasteiger partial charge on any atom is 0.123 e. The smallest absolute Gasteiger partial charge is 0.123 e. The van der Waals surface area contributed by atoms with Crippen molar-refractivity contribution in [2.75, 3.05) is 6.54 Å². The molecule has 2 atom stereocenters. The highest BCUT2D eigenvalue weighted by atomic mass is 35.5. The molecule has 0 saturated heterocycles. The van der Waals surface area contributed by atoms with Crippen LogP contribution in [0.25, 0.3) is 0 Å². The van der Waals surface area contributed by atoms with E-state index in [-0.39, 0.29) is 18.3 Å². The molecular formula is C15H15ClFNO. The normalized spacial score (nSPS) is 14.1. The predicted octanol–water partition coefficient (Wildman–Crippen LogP) is 3.26. The van der Waals surface area contributed by atoms with Crippen molar-refractivity contribution in [3.8, 4) is 0 Å². The Morgan fingerprint density at radius 3 is 2.05 bits per heavy atom. The number of aliphatic hydroxyl groups excluding tert-OH is 1. The second kappa shape index (κ2) is 6.15. The van der Waals surface area contributed by atoms with Gasteiger partial charge in [-0.1, -0.05) is 35.9 Å². The summed E-state index contributed by atoms with van der Waals surface area (Å²) in [5, 5.41) is 11.0. The number of hydrogen-bond donors (Lipinski definition) is 2. The highest BCUT2D eigenvalue weighted by Gasteiger charge is 2.21. The Balaban J connectivity index is 2.26. The fraction of sp³-hybridized carbons (Fsp3) is 0.200. The molecule has 0 radical (unpaired) electrons. The number of benzene rings is 2. The van der Waals surface area contributed by atoms with Crippen LogP contribution < -0.4 is 5.73 Å². The Kier molecular flexibility index (Phi) is 4.53. The van der Waals surface area contributed by atoms with Crippen LogP contribution in [0.2, 0.25) is 5.02 Å². The highest BCUT2D eigenvalue weighted by Crippen LogP contribution is 2.30. The highest BCUT2D eigenvalue weighted by molar-refractivity contribution is 6.30. The van der Waals surface area contributed by atoms with Gasteiger partial charge in [0.2, 0.25) is 0 Å². The number of nitrogens with two attached hydrogens (primary N) is 1. The predicted molar refractivity (Wildman–Crippen MR) is 74.6 cm³/mol. The summed E-state index contributed by atoms with van der Waals surface area (Å²) in [6, 6.07) is 13.0. The van der Waals surface area contributed by atoms with Crippen LogP contribution in [0.3, 0.4) is 0 Å². The van der Waals surface area contributed by atoms with E-state index < -0.39 is 6.10 Å². The van der Waals surface area contributed by atoms with Crippen LogP contribution in [0.15, 0.2) is 48.5 Å². The van der Waals surface area contributed by atoms with Gasteiger partial charge in [-0.25, -0.2) is 4.39 Å². The number of halogens is 2. The number of hydrogen-bond acceptors (Lipinski definition) is 2. The van der Waals surface area contributed by atoms with Gasteiger partial charge in [0.1, 0.15) is 5.82 Å². The second-order valence-electron chi connectivity index (χ2n) is 4.39. The lowest BCUT2D eigenvalue weighted by Crippen LogP contribution is -2.20. The summed E-state index contributed by atoms with van der Waals surface area (Å²) in [5.41, 5.74) is 7.28. The standard InChI is InChI=1S/C15H15ClFNO/c16-12-5-1-11(2-6-12)15(19)14(9-18)10-3-7-13(17)8-4-10/h1-8,14-15,19H,9,18H2. The van der Waals surface area contributed by atoms with E-state index in [1.807, 2.05) is 0 Å². The maximum absolute atomic E-state index is 12.9. The van der Waals surface area contributed by atoms with Crippen molar-refractivity contribution in [2.45, 2.75) is 12.0 Å². The Morgan fingerprint density at radius 1 is 1.00 bits per heavy atom. The average Bonchev–Trinajstić information content (AvgIpc) is 2.42. The second-order valence-corrected chi connectivity index (χ2v) is 4.83. The molecule has 2 unspecified atom stereocenters. The first-order valence-electron chi connectivity index (χ1n) is 6.01. The topological polar surface area (TPSA) is 46.2 Å². The van der Waals surface area contributed by atoms with Crippen molar-refractivity contribution in [1.29, 1.82) is 0 Å². The summed E-state index contributed by atoms with van der Waals surface area (Å²) in [6.07, 6.45) is -0.743. The third-order valence-electron chi connectivity index (χ3n) is 3.14. The van der Waals surface area contributed by atoms with E-state index in [4.69, 9.17) is 17.3 Å². The van der Waals surface area contributed by atoms with E-state index >= 15 is 0 Å². The lowest BCUT2D eigenvalue weighted by Gasteiger charge is -2.22. The molecule has 2 rings (SSSR count). The molecule has 2 nitrogen and oxygen atoms in total. The molecule has 0 spiro atoms. The molecule has 2 aromatic carbocycles. The minimum atomic E-state index is -0.743. The van der Waals surface area contributed by atoms with Crippen molar-refractivity contribution in [3.63, 3.8) is 0 Å². The zero-order valence-electron chi connectivity index (χ0n) is 10.3. The van der Waals surface area contributed by atoms with E-state index in [2.05, 4.69) is 0 Å². The lowest BCUT2D eigenvalue weighted by molar-refractivity contribution is 0.147. The van der Waals surface area contributed by atoms with Gasteiger partial charge in [-0.05, 0) is 35.4 Å². The van der Waals surface area contributed by atoms with Gasteiger partial charge in [-0.2, -0.15) is 0 Å². The van der Waals surface area contributed by atoms with Crippen LogP contribution in [0.5, 0.6) is 0 Å². The van der Waals surface area contributed by atoms with E-state index in [9.17, 15) is 9.50 Å². The number of aliphatic hydroxyl groups is 1. The first-order valence-corrected chi connectivity index (χ1v) is 6.38. The van der Waals surface area contributed by atoms with E-state index in [0.717, 1.165) is 11.1 Å². The number of rotatable bonds is 4. The molecule has 4 heteroatoms. The van der Waals surface area contributed by atoms with E-state index in [0.29, 0.717) is 5.02 Å². The van der Waals surface area contributed by atoms with Gasteiger partial charge in [-0.3, -0.25) is 0 Å². The largest absolute Gasteiger partial charge is 0.388 e. The van der Waals surface area contributed by atoms with Gasteiger partial charge in [0.25, 0.3) is 0 Å². The van der Waals surface area contributed by atoms with Crippen molar-refractivity contribution in [1.82, 2.24) is 0 Å². The summed E-state index contributed by atoms with van der Waals surface area (Å²) < 4.78 is 12.9. The van der Waals surface area contributed by atoms with Gasteiger partial charge < -0.3 is 10.8 Å². The van der Waals surface area contributed by atoms with Crippen LogP contribution in [0.4, 0.5) is 4.39 Å². The molecule has 0 aliphatic carbocycles. The summed E-state index contributed by atoms with van der Waals surface area (Å²) in [6.45, 7) is 0.273. The van der Waals surface area contributed by atoms with Gasteiger partial charge in [0, 0.05) is 17.5 Å². The van der Waals surface area contributed by atoms with Gasteiger partial charge >= 0.3 is 0 Å². The minimum Gasteiger partial charge on any atom is -0.388 e. The minimum absolute atomic E-state index is 0.273. The molecule has 2 aromatic rings. The summed E-state index contributed by atoms with van der Waals surface area (Å²) in [4.78, 5) is 0. The van der Waals surface area contributed by atoms with Crippen molar-refractivity contribution in [3.05, 3.63) is 70.5 Å². The van der Waals surface area contributed by atoms with Gasteiger partial charge in [0.05, 0.1) is 6.10 Å². The van der Waals surface area contributed by atoms with Gasteiger partial charge in [-0.15, -0.1) is 0 Å². The molecular weight excluding hydrogens is 265 g/mol. The fourth-order valence-electron chi connectivity index (χ4n) is 2.05. The Labute approximate surface area is 116 Å². The molecule has 0 bridgehead atoms. The average molecular weight is 280 g/mol. The molecule has 3 N–H and O–H groups in total. The Hall–Kier alpha value is -1.42. The van der Waals surface area contributed by atoms with E-state index in [1.54, 1.807) is 36.4 Å². The molecule has 0 fully saturated rings. The van der Waals surface area contributed by atoms with Crippen LogP contribution in [0.1, 0.15) is 23.1 Å². The van der Waals surface area contributed by atoms with Crippen LogP contribution in [-0.2, 0) is 0 Å². The Bertz CT molecular complexity index is 527. The summed E-state index contributed by atoms with van der Waals surface area (Å²) in [5.74, 6) is -0.581. The van der Waals surface area contributed by atoms with Crippen LogP contribution >= 0.6 is 11.6 Å². The third kappa shape index (κ3) is 3.32. The summed E-state index contributed by atoms with van der Waals surface area (Å²) >= 11 is 5.82. The molecule has 19 heavy (non-hydrogen) atoms. The molecule has 0 amide bonds. The maximum atomic E-state index is 12.9. The molecule has 0 heterocycles. The van der Waals surface area contributed by atoms with Crippen molar-refractivity contribution >= 4 is 11.6 Å². The van der Waals surface area contributed by atoms with Crippen LogP contribution in [0, 0.1) is 5.82 Å². The lowest BCUT2D eigenvalue weighted by atomic mass is 9.89. The van der Waals surface area contributed by atoms with Crippen molar-refractivity contribution in [2.24, 2.45) is 5.73 Å². The fourth-order valence-corrected chi connectivity index (χ4v) is 2.18. The molecule has 0 saturated carbocycles. The summed E-state index contributed by atoms with van der Waals surface area (Å²) in [7, 11) is 0. The van der Waals surface area contributed by atoms with Gasteiger partial charge in [0.15, 0.2) is 0 Å². The zero-order chi connectivity index (χ0) is 13.8. The molecule has 100 valence electrons. The monoisotopic (exact) mass is 279 g/mol. The molecule has 0 aromatic heterocycles. The first-order chi connectivity index (χ1) is 9.11. The molecule has 0 aliphatic rings. The quantitative estimate of drug-likeness (QED) is 0.902. The van der Waals surface area contributed by atoms with Crippen LogP contribution in [-0.4, -0.2) is 11.7 Å². The third-order valence-corrected chi connectivity index (χ3v) is 3.40.